The molecule has 2 aliphatic rings. The van der Waals surface area contributed by atoms with Crippen molar-refractivity contribution in [3.63, 3.8) is 0 Å². The van der Waals surface area contributed by atoms with Crippen LogP contribution < -0.4 is 5.32 Å². The van der Waals surface area contributed by atoms with Crippen molar-refractivity contribution in [2.24, 2.45) is 5.92 Å². The number of thioether (sulfide) groups is 1. The summed E-state index contributed by atoms with van der Waals surface area (Å²) < 4.78 is 0. The first-order valence-corrected chi connectivity index (χ1v) is 7.39. The molecule has 3 rings (SSSR count). The van der Waals surface area contributed by atoms with E-state index in [1.54, 1.807) is 24.3 Å². The highest BCUT2D eigenvalue weighted by molar-refractivity contribution is 7.99. The highest BCUT2D eigenvalue weighted by Gasteiger charge is 2.48. The Morgan fingerprint density at radius 3 is 2.83 bits per heavy atom. The molecule has 1 N–H and O–H groups in total. The van der Waals surface area contributed by atoms with Gasteiger partial charge in [0.25, 0.3) is 0 Å². The zero-order valence-electron chi connectivity index (χ0n) is 10.2. The molecule has 0 spiro atoms. The largest absolute Gasteiger partial charge is 0.296 e. The average molecular weight is 260 g/mol. The van der Waals surface area contributed by atoms with Gasteiger partial charge in [0, 0.05) is 18.0 Å². The Morgan fingerprint density at radius 2 is 2.28 bits per heavy atom. The van der Waals surface area contributed by atoms with Crippen LogP contribution in [0.25, 0.3) is 0 Å². The molecule has 1 heterocycles. The van der Waals surface area contributed by atoms with E-state index in [9.17, 15) is 5.26 Å². The number of rotatable bonds is 6. The van der Waals surface area contributed by atoms with Crippen LogP contribution in [0.2, 0.25) is 0 Å². The molecule has 0 aromatic carbocycles. The number of hydrogen-bond donors (Lipinski definition) is 1. The summed E-state index contributed by atoms with van der Waals surface area (Å²) in [5, 5.41) is 14.1. The third kappa shape index (κ3) is 2.65. The summed E-state index contributed by atoms with van der Waals surface area (Å²) in [5.41, 5.74) is -0.350. The SMILES string of the molecule is N#CC(CSc1ccncn1)(NC1CC1)C1CC1. The Kier molecular flexibility index (Phi) is 3.23. The molecule has 0 bridgehead atoms. The molecule has 5 heteroatoms. The van der Waals surface area contributed by atoms with Gasteiger partial charge in [0.1, 0.15) is 11.9 Å². The Balaban J connectivity index is 1.67. The van der Waals surface area contributed by atoms with Crippen LogP contribution in [0.4, 0.5) is 0 Å². The second-order valence-corrected chi connectivity index (χ2v) is 6.11. The van der Waals surface area contributed by atoms with E-state index < -0.39 is 0 Å². The van der Waals surface area contributed by atoms with Crippen LogP contribution >= 0.6 is 11.8 Å². The maximum Gasteiger partial charge on any atom is 0.119 e. The molecule has 0 radical (unpaired) electrons. The highest BCUT2D eigenvalue weighted by Crippen LogP contribution is 2.43. The van der Waals surface area contributed by atoms with Crippen molar-refractivity contribution in [1.82, 2.24) is 15.3 Å². The van der Waals surface area contributed by atoms with Crippen LogP contribution in [-0.4, -0.2) is 27.3 Å². The smallest absolute Gasteiger partial charge is 0.119 e. The lowest BCUT2D eigenvalue weighted by molar-refractivity contribution is 0.401. The van der Waals surface area contributed by atoms with Gasteiger partial charge in [-0.05, 0) is 37.7 Å². The molecule has 4 nitrogen and oxygen atoms in total. The summed E-state index contributed by atoms with van der Waals surface area (Å²) in [4.78, 5) is 8.12. The second kappa shape index (κ2) is 4.87. The summed E-state index contributed by atoms with van der Waals surface area (Å²) >= 11 is 1.65. The van der Waals surface area contributed by atoms with Gasteiger partial charge in [-0.3, -0.25) is 5.32 Å². The first-order valence-electron chi connectivity index (χ1n) is 6.40. The number of aromatic nitrogens is 2. The van der Waals surface area contributed by atoms with Gasteiger partial charge in [-0.25, -0.2) is 9.97 Å². The summed E-state index contributed by atoms with van der Waals surface area (Å²) in [6.45, 7) is 0. The first kappa shape index (κ1) is 11.9. The molecular formula is C13H16N4S. The lowest BCUT2D eigenvalue weighted by Crippen LogP contribution is -2.49. The maximum absolute atomic E-state index is 9.58. The van der Waals surface area contributed by atoms with Crippen LogP contribution in [0.1, 0.15) is 25.7 Å². The van der Waals surface area contributed by atoms with Crippen LogP contribution in [0.15, 0.2) is 23.6 Å². The zero-order chi connectivity index (χ0) is 12.4. The van der Waals surface area contributed by atoms with Crippen LogP contribution in [-0.2, 0) is 0 Å². The van der Waals surface area contributed by atoms with E-state index in [1.165, 1.54) is 25.7 Å². The predicted molar refractivity (Wildman–Crippen MR) is 70.0 cm³/mol. The van der Waals surface area contributed by atoms with Gasteiger partial charge in [0.05, 0.1) is 11.1 Å². The minimum Gasteiger partial charge on any atom is -0.296 e. The van der Waals surface area contributed by atoms with Crippen LogP contribution in [0, 0.1) is 17.2 Å². The third-order valence-corrected chi connectivity index (χ3v) is 4.65. The highest BCUT2D eigenvalue weighted by atomic mass is 32.2. The van der Waals surface area contributed by atoms with Crippen molar-refractivity contribution in [3.05, 3.63) is 18.6 Å². The van der Waals surface area contributed by atoms with Crippen molar-refractivity contribution in [2.75, 3.05) is 5.75 Å². The molecule has 1 atom stereocenters. The lowest BCUT2D eigenvalue weighted by atomic mass is 9.97. The minimum atomic E-state index is -0.350. The van der Waals surface area contributed by atoms with Gasteiger partial charge in [-0.1, -0.05) is 0 Å². The minimum absolute atomic E-state index is 0.350. The molecule has 2 saturated carbocycles. The zero-order valence-corrected chi connectivity index (χ0v) is 11.0. The van der Waals surface area contributed by atoms with Crippen molar-refractivity contribution < 1.29 is 0 Å². The van der Waals surface area contributed by atoms with E-state index in [0.717, 1.165) is 10.8 Å². The van der Waals surface area contributed by atoms with Crippen molar-refractivity contribution >= 4 is 11.8 Å². The van der Waals surface area contributed by atoms with Gasteiger partial charge in [0.15, 0.2) is 0 Å². The molecule has 0 saturated heterocycles. The number of nitrogens with one attached hydrogen (secondary N) is 1. The van der Waals surface area contributed by atoms with Crippen molar-refractivity contribution in [3.8, 4) is 6.07 Å². The third-order valence-electron chi connectivity index (χ3n) is 3.52. The standard InChI is InChI=1S/C13H16N4S/c14-7-13(10-1-2-10,17-11-3-4-11)8-18-12-5-6-15-9-16-12/h5-6,9-11,17H,1-4,8H2. The maximum atomic E-state index is 9.58. The summed E-state index contributed by atoms with van der Waals surface area (Å²) in [7, 11) is 0. The molecule has 1 aromatic heterocycles. The summed E-state index contributed by atoms with van der Waals surface area (Å²) in [5.74, 6) is 1.30. The number of nitriles is 1. The van der Waals surface area contributed by atoms with E-state index >= 15 is 0 Å². The van der Waals surface area contributed by atoms with Gasteiger partial charge in [-0.15, -0.1) is 11.8 Å². The van der Waals surface area contributed by atoms with Crippen LogP contribution in [0.3, 0.4) is 0 Å². The van der Waals surface area contributed by atoms with E-state index in [1.807, 2.05) is 6.07 Å². The monoisotopic (exact) mass is 260 g/mol. The van der Waals surface area contributed by atoms with Crippen LogP contribution in [0.5, 0.6) is 0 Å². The Morgan fingerprint density at radius 1 is 1.44 bits per heavy atom. The van der Waals surface area contributed by atoms with Gasteiger partial charge >= 0.3 is 0 Å². The molecule has 2 fully saturated rings. The first-order chi connectivity index (χ1) is 8.82. The number of hydrogen-bond acceptors (Lipinski definition) is 5. The van der Waals surface area contributed by atoms with Crippen molar-refractivity contribution in [2.45, 2.75) is 42.3 Å². The molecule has 0 amide bonds. The molecule has 0 aliphatic heterocycles. The topological polar surface area (TPSA) is 61.6 Å². The second-order valence-electron chi connectivity index (χ2n) is 5.11. The molecule has 94 valence electrons. The molecule has 2 aliphatic carbocycles. The van der Waals surface area contributed by atoms with E-state index in [4.69, 9.17) is 0 Å². The quantitative estimate of drug-likeness (QED) is 0.626. The van der Waals surface area contributed by atoms with Gasteiger partial charge in [-0.2, -0.15) is 5.26 Å². The fraction of sp³-hybridized carbons (Fsp3) is 0.615. The Hall–Kier alpha value is -1.12. The van der Waals surface area contributed by atoms with Gasteiger partial charge < -0.3 is 0 Å². The summed E-state index contributed by atoms with van der Waals surface area (Å²) in [6, 6.07) is 5.01. The van der Waals surface area contributed by atoms with E-state index in [0.29, 0.717) is 12.0 Å². The Bertz CT molecular complexity index is 450. The fourth-order valence-electron chi connectivity index (χ4n) is 2.15. The predicted octanol–water partition coefficient (Wildman–Crippen LogP) is 1.99. The van der Waals surface area contributed by atoms with Gasteiger partial charge in [0.2, 0.25) is 0 Å². The molecule has 1 unspecified atom stereocenters. The fourth-order valence-corrected chi connectivity index (χ4v) is 3.19. The van der Waals surface area contributed by atoms with E-state index in [-0.39, 0.29) is 5.54 Å². The summed E-state index contributed by atoms with van der Waals surface area (Å²) in [6.07, 6.45) is 8.09. The lowest BCUT2D eigenvalue weighted by Gasteiger charge is -2.27. The normalized spacial score (nSPS) is 22.2. The van der Waals surface area contributed by atoms with E-state index in [2.05, 4.69) is 21.4 Å². The molecular weight excluding hydrogens is 244 g/mol. The Labute approximate surface area is 111 Å². The molecule has 1 aromatic rings. The molecule has 18 heavy (non-hydrogen) atoms. The average Bonchev–Trinajstić information content (AvgIpc) is 3.28. The number of nitrogens with zero attached hydrogens (tertiary/aromatic N) is 3. The van der Waals surface area contributed by atoms with Crippen molar-refractivity contribution in [1.29, 1.82) is 5.26 Å².